The predicted octanol–water partition coefficient (Wildman–Crippen LogP) is 2.45. The van der Waals surface area contributed by atoms with Gasteiger partial charge in [-0.1, -0.05) is 19.1 Å². The van der Waals surface area contributed by atoms with Gasteiger partial charge in [0.15, 0.2) is 0 Å². The van der Waals surface area contributed by atoms with E-state index in [-0.39, 0.29) is 30.1 Å². The maximum Gasteiger partial charge on any atom is 0.337 e. The zero-order valence-corrected chi connectivity index (χ0v) is 18.0. The van der Waals surface area contributed by atoms with Crippen LogP contribution < -0.4 is 15.5 Å². The number of para-hydroxylation sites is 2. The molecule has 1 amide bonds. The molecule has 0 saturated heterocycles. The van der Waals surface area contributed by atoms with Crippen LogP contribution in [0.1, 0.15) is 34.1 Å². The van der Waals surface area contributed by atoms with Gasteiger partial charge in [-0.15, -0.1) is 0 Å². The SMILES string of the molecule is CC/C(=N/Nc1cc(C(=O)OC)cc(C(=O)OC)c1)C(=O)Nc1ccccc1OCCO. The number of hydrazone groups is 1. The molecule has 0 unspecified atom stereocenters. The molecule has 10 heteroatoms. The molecule has 0 aliphatic carbocycles. The number of hydrogen-bond donors (Lipinski definition) is 3. The van der Waals surface area contributed by atoms with E-state index in [1.54, 1.807) is 31.2 Å². The lowest BCUT2D eigenvalue weighted by Gasteiger charge is -2.12. The van der Waals surface area contributed by atoms with Crippen LogP contribution in [0.25, 0.3) is 0 Å². The van der Waals surface area contributed by atoms with E-state index in [1.165, 1.54) is 32.4 Å². The molecule has 0 bridgehead atoms. The fourth-order valence-electron chi connectivity index (χ4n) is 2.63. The van der Waals surface area contributed by atoms with Gasteiger partial charge in [0.05, 0.1) is 43.3 Å². The molecular formula is C22H25N3O7. The number of esters is 2. The molecule has 0 spiro atoms. The number of carbonyl (C=O) groups is 3. The monoisotopic (exact) mass is 443 g/mol. The van der Waals surface area contributed by atoms with Gasteiger partial charge in [0.2, 0.25) is 0 Å². The lowest BCUT2D eigenvalue weighted by molar-refractivity contribution is -0.110. The number of ether oxygens (including phenoxy) is 3. The Morgan fingerprint density at radius 3 is 2.19 bits per heavy atom. The van der Waals surface area contributed by atoms with Crippen LogP contribution in [0.15, 0.2) is 47.6 Å². The quantitative estimate of drug-likeness (QED) is 0.289. The standard InChI is InChI=1S/C22H25N3O7/c1-4-17(20(27)23-18-7-5-6-8-19(18)32-10-9-26)25-24-16-12-14(21(28)30-2)11-15(13-16)22(29)31-3/h5-8,11-13,24,26H,4,9-10H2,1-3H3,(H,23,27)/b25-17-. The summed E-state index contributed by atoms with van der Waals surface area (Å²) in [4.78, 5) is 36.5. The van der Waals surface area contributed by atoms with Crippen LogP contribution in [0.4, 0.5) is 11.4 Å². The summed E-state index contributed by atoms with van der Waals surface area (Å²) in [5.41, 5.74) is 3.80. The van der Waals surface area contributed by atoms with Crippen LogP contribution in [0.5, 0.6) is 5.75 Å². The number of aliphatic hydroxyl groups is 1. The first kappa shape index (κ1) is 24.4. The van der Waals surface area contributed by atoms with E-state index in [0.29, 0.717) is 23.5 Å². The minimum atomic E-state index is -0.643. The number of nitrogens with one attached hydrogen (secondary N) is 2. The van der Waals surface area contributed by atoms with E-state index in [2.05, 4.69) is 15.8 Å². The van der Waals surface area contributed by atoms with Crippen molar-refractivity contribution in [3.8, 4) is 5.75 Å². The number of carbonyl (C=O) groups excluding carboxylic acids is 3. The summed E-state index contributed by atoms with van der Waals surface area (Å²) < 4.78 is 14.8. The highest BCUT2D eigenvalue weighted by atomic mass is 16.5. The van der Waals surface area contributed by atoms with E-state index in [4.69, 9.17) is 19.3 Å². The zero-order valence-electron chi connectivity index (χ0n) is 18.0. The van der Waals surface area contributed by atoms with Crippen molar-refractivity contribution in [1.82, 2.24) is 0 Å². The third-order valence-corrected chi connectivity index (χ3v) is 4.18. The van der Waals surface area contributed by atoms with Gasteiger partial charge in [0.25, 0.3) is 5.91 Å². The Kier molecular flexibility index (Phi) is 9.18. The fourth-order valence-corrected chi connectivity index (χ4v) is 2.63. The van der Waals surface area contributed by atoms with Crippen molar-refractivity contribution in [2.24, 2.45) is 5.10 Å². The average Bonchev–Trinajstić information content (AvgIpc) is 2.82. The van der Waals surface area contributed by atoms with E-state index >= 15 is 0 Å². The average molecular weight is 443 g/mol. The smallest absolute Gasteiger partial charge is 0.337 e. The summed E-state index contributed by atoms with van der Waals surface area (Å²) in [7, 11) is 2.44. The van der Waals surface area contributed by atoms with Crippen LogP contribution in [-0.4, -0.2) is 56.1 Å². The van der Waals surface area contributed by atoms with Crippen LogP contribution in [0.3, 0.4) is 0 Å². The van der Waals surface area contributed by atoms with Crippen molar-refractivity contribution in [1.29, 1.82) is 0 Å². The number of benzene rings is 2. The van der Waals surface area contributed by atoms with E-state index in [0.717, 1.165) is 0 Å². The Morgan fingerprint density at radius 2 is 1.62 bits per heavy atom. The maximum atomic E-state index is 12.7. The number of amides is 1. The van der Waals surface area contributed by atoms with Gasteiger partial charge in [-0.25, -0.2) is 9.59 Å². The number of hydrogen-bond acceptors (Lipinski definition) is 9. The summed E-state index contributed by atoms with van der Waals surface area (Å²) in [5, 5.41) is 15.8. The summed E-state index contributed by atoms with van der Waals surface area (Å²) in [6.45, 7) is 1.67. The second-order valence-electron chi connectivity index (χ2n) is 6.33. The third kappa shape index (κ3) is 6.54. The predicted molar refractivity (Wildman–Crippen MR) is 118 cm³/mol. The van der Waals surface area contributed by atoms with Crippen LogP contribution in [0, 0.1) is 0 Å². The van der Waals surface area contributed by atoms with Gasteiger partial charge in [-0.2, -0.15) is 5.10 Å². The van der Waals surface area contributed by atoms with Gasteiger partial charge in [0, 0.05) is 0 Å². The van der Waals surface area contributed by atoms with Crippen molar-refractivity contribution in [2.75, 3.05) is 38.2 Å². The Morgan fingerprint density at radius 1 is 1.00 bits per heavy atom. The Balaban J connectivity index is 2.24. The van der Waals surface area contributed by atoms with E-state index in [9.17, 15) is 14.4 Å². The zero-order chi connectivity index (χ0) is 23.5. The number of nitrogens with zero attached hydrogens (tertiary/aromatic N) is 1. The molecule has 0 heterocycles. The first-order valence-electron chi connectivity index (χ1n) is 9.71. The Bertz CT molecular complexity index is 971. The van der Waals surface area contributed by atoms with Crippen molar-refractivity contribution < 1.29 is 33.7 Å². The molecule has 2 aromatic carbocycles. The highest BCUT2D eigenvalue weighted by molar-refractivity contribution is 6.43. The molecule has 2 aromatic rings. The first-order chi connectivity index (χ1) is 15.4. The normalized spacial score (nSPS) is 10.8. The van der Waals surface area contributed by atoms with Gasteiger partial charge in [-0.3, -0.25) is 10.2 Å². The number of aliphatic hydroxyl groups excluding tert-OH is 1. The van der Waals surface area contributed by atoms with Crippen molar-refractivity contribution in [3.63, 3.8) is 0 Å². The van der Waals surface area contributed by atoms with E-state index < -0.39 is 17.8 Å². The maximum absolute atomic E-state index is 12.7. The molecule has 0 saturated carbocycles. The topological polar surface area (TPSA) is 136 Å². The van der Waals surface area contributed by atoms with Crippen molar-refractivity contribution >= 4 is 34.9 Å². The first-order valence-corrected chi connectivity index (χ1v) is 9.71. The summed E-state index contributed by atoms with van der Waals surface area (Å²) in [5.74, 6) is -1.35. The number of methoxy groups -OCH3 is 2. The molecule has 0 aromatic heterocycles. The molecule has 10 nitrogen and oxygen atoms in total. The third-order valence-electron chi connectivity index (χ3n) is 4.18. The Hall–Kier alpha value is -3.92. The summed E-state index contributed by atoms with van der Waals surface area (Å²) in [6.07, 6.45) is 0.291. The molecule has 170 valence electrons. The minimum absolute atomic E-state index is 0.0855. The molecule has 32 heavy (non-hydrogen) atoms. The van der Waals surface area contributed by atoms with Crippen molar-refractivity contribution in [2.45, 2.75) is 13.3 Å². The minimum Gasteiger partial charge on any atom is -0.489 e. The van der Waals surface area contributed by atoms with E-state index in [1.807, 2.05) is 0 Å². The van der Waals surface area contributed by atoms with Crippen molar-refractivity contribution in [3.05, 3.63) is 53.6 Å². The van der Waals surface area contributed by atoms with Gasteiger partial charge in [-0.05, 0) is 36.8 Å². The van der Waals surface area contributed by atoms with Crippen LogP contribution in [-0.2, 0) is 14.3 Å². The second kappa shape index (κ2) is 12.1. The van der Waals surface area contributed by atoms with Gasteiger partial charge in [0.1, 0.15) is 18.1 Å². The molecule has 3 N–H and O–H groups in total. The molecule has 2 rings (SSSR count). The molecule has 0 radical (unpaired) electrons. The number of anilines is 2. The molecule has 0 fully saturated rings. The lowest BCUT2D eigenvalue weighted by Crippen LogP contribution is -2.24. The Labute approximate surface area is 185 Å². The van der Waals surface area contributed by atoms with Gasteiger partial charge >= 0.3 is 11.9 Å². The van der Waals surface area contributed by atoms with Crippen LogP contribution >= 0.6 is 0 Å². The fraction of sp³-hybridized carbons (Fsp3) is 0.273. The highest BCUT2D eigenvalue weighted by Crippen LogP contribution is 2.24. The molecular weight excluding hydrogens is 418 g/mol. The van der Waals surface area contributed by atoms with Gasteiger partial charge < -0.3 is 24.6 Å². The molecule has 0 atom stereocenters. The summed E-state index contributed by atoms with van der Waals surface area (Å²) >= 11 is 0. The molecule has 0 aliphatic heterocycles. The van der Waals surface area contributed by atoms with Crippen LogP contribution in [0.2, 0.25) is 0 Å². The highest BCUT2D eigenvalue weighted by Gasteiger charge is 2.15. The largest absolute Gasteiger partial charge is 0.489 e. The molecule has 0 aliphatic rings. The number of rotatable bonds is 10. The second-order valence-corrected chi connectivity index (χ2v) is 6.33. The lowest BCUT2D eigenvalue weighted by atomic mass is 10.1. The summed E-state index contributed by atoms with van der Waals surface area (Å²) in [6, 6.07) is 11.0.